The van der Waals surface area contributed by atoms with Gasteiger partial charge >= 0.3 is 5.97 Å². The van der Waals surface area contributed by atoms with Crippen molar-refractivity contribution < 1.29 is 19.1 Å². The maximum atomic E-state index is 13.0. The number of amides is 1. The van der Waals surface area contributed by atoms with E-state index in [0.717, 1.165) is 30.7 Å². The molecule has 0 saturated heterocycles. The maximum Gasteiger partial charge on any atom is 0.333 e. The summed E-state index contributed by atoms with van der Waals surface area (Å²) < 4.78 is 13.0. The molecule has 0 spiro atoms. The molecule has 1 saturated carbocycles. The summed E-state index contributed by atoms with van der Waals surface area (Å²) in [6.07, 6.45) is 2.12. The van der Waals surface area contributed by atoms with E-state index in [2.05, 4.69) is 15.5 Å². The number of carbonyl (C=O) groups excluding carboxylic acids is 1. The minimum Gasteiger partial charge on any atom is -0.479 e. The Bertz CT molecular complexity index is 752. The summed E-state index contributed by atoms with van der Waals surface area (Å²) in [5.41, 5.74) is -0.378. The molecule has 1 fully saturated rings. The lowest BCUT2D eigenvalue weighted by Crippen LogP contribution is -2.49. The Morgan fingerprint density at radius 1 is 1.35 bits per heavy atom. The largest absolute Gasteiger partial charge is 0.479 e. The van der Waals surface area contributed by atoms with Gasteiger partial charge in [0, 0.05) is 11.6 Å². The van der Waals surface area contributed by atoms with Crippen molar-refractivity contribution in [2.75, 3.05) is 0 Å². The first kappa shape index (κ1) is 15.2. The van der Waals surface area contributed by atoms with Gasteiger partial charge in [0.1, 0.15) is 11.5 Å². The SMILES string of the molecule is CC(NC(=O)c1cc(C2CC2)[nH]n1)(C(=O)O)c1ccc(F)cc1. The number of nitrogens with one attached hydrogen (secondary N) is 2. The van der Waals surface area contributed by atoms with Crippen molar-refractivity contribution >= 4 is 11.9 Å². The number of carboxylic acid groups (broad SMARTS) is 1. The van der Waals surface area contributed by atoms with Crippen LogP contribution in [-0.4, -0.2) is 27.2 Å². The van der Waals surface area contributed by atoms with Gasteiger partial charge in [-0.2, -0.15) is 5.10 Å². The van der Waals surface area contributed by atoms with Crippen LogP contribution in [0.2, 0.25) is 0 Å². The van der Waals surface area contributed by atoms with E-state index in [1.807, 2.05) is 0 Å². The van der Waals surface area contributed by atoms with E-state index in [1.54, 1.807) is 6.07 Å². The second kappa shape index (κ2) is 5.49. The molecule has 2 aromatic rings. The number of aliphatic carboxylic acids is 1. The summed E-state index contributed by atoms with van der Waals surface area (Å²) in [6, 6.07) is 6.62. The maximum absolute atomic E-state index is 13.0. The van der Waals surface area contributed by atoms with Crippen LogP contribution in [0.25, 0.3) is 0 Å². The number of hydrogen-bond acceptors (Lipinski definition) is 3. The third-order valence-electron chi connectivity index (χ3n) is 4.06. The minimum absolute atomic E-state index is 0.140. The number of halogens is 1. The van der Waals surface area contributed by atoms with Gasteiger partial charge < -0.3 is 10.4 Å². The van der Waals surface area contributed by atoms with Gasteiger partial charge in [-0.1, -0.05) is 12.1 Å². The highest BCUT2D eigenvalue weighted by atomic mass is 19.1. The minimum atomic E-state index is -1.68. The molecule has 120 valence electrons. The molecule has 7 heteroatoms. The van der Waals surface area contributed by atoms with Crippen molar-refractivity contribution in [2.24, 2.45) is 0 Å². The first-order valence-corrected chi connectivity index (χ1v) is 7.27. The quantitative estimate of drug-likeness (QED) is 0.787. The fourth-order valence-corrected chi connectivity index (χ4v) is 2.38. The smallest absolute Gasteiger partial charge is 0.333 e. The van der Waals surface area contributed by atoms with Gasteiger partial charge in [0.2, 0.25) is 0 Å². The first-order valence-electron chi connectivity index (χ1n) is 7.27. The highest BCUT2D eigenvalue weighted by molar-refractivity contribution is 5.96. The highest BCUT2D eigenvalue weighted by Crippen LogP contribution is 2.39. The predicted octanol–water partition coefficient (Wildman–Crippen LogP) is 2.16. The monoisotopic (exact) mass is 317 g/mol. The van der Waals surface area contributed by atoms with Crippen LogP contribution in [0.5, 0.6) is 0 Å². The van der Waals surface area contributed by atoms with E-state index >= 15 is 0 Å². The molecule has 3 N–H and O–H groups in total. The Morgan fingerprint density at radius 3 is 2.57 bits per heavy atom. The molecule has 0 bridgehead atoms. The topological polar surface area (TPSA) is 95.1 Å². The van der Waals surface area contributed by atoms with E-state index in [4.69, 9.17) is 0 Å². The Kier molecular flexibility index (Phi) is 3.63. The normalized spacial score (nSPS) is 16.6. The molecule has 1 unspecified atom stereocenters. The number of nitrogens with zero attached hydrogens (tertiary/aromatic N) is 1. The second-order valence-electron chi connectivity index (χ2n) is 5.87. The van der Waals surface area contributed by atoms with E-state index in [1.165, 1.54) is 19.1 Å². The summed E-state index contributed by atoms with van der Waals surface area (Å²) >= 11 is 0. The molecule has 1 aromatic carbocycles. The number of rotatable bonds is 5. The molecule has 1 aliphatic rings. The van der Waals surface area contributed by atoms with E-state index in [0.29, 0.717) is 5.92 Å². The van der Waals surface area contributed by atoms with E-state index < -0.39 is 23.2 Å². The summed E-state index contributed by atoms with van der Waals surface area (Å²) in [7, 11) is 0. The Hall–Kier alpha value is -2.70. The zero-order chi connectivity index (χ0) is 16.6. The van der Waals surface area contributed by atoms with Crippen molar-refractivity contribution in [3.8, 4) is 0 Å². The molecule has 1 heterocycles. The standard InChI is InChI=1S/C16H16FN3O3/c1-16(15(22)23,10-4-6-11(17)7-5-10)18-14(21)13-8-12(19-20-13)9-2-3-9/h4-9H,2-3H2,1H3,(H,18,21)(H,19,20)(H,22,23). The van der Waals surface area contributed by atoms with Gasteiger partial charge in [-0.15, -0.1) is 0 Å². The number of carboxylic acids is 1. The summed E-state index contributed by atoms with van der Waals surface area (Å²) in [4.78, 5) is 24.0. The van der Waals surface area contributed by atoms with E-state index in [-0.39, 0.29) is 11.3 Å². The second-order valence-corrected chi connectivity index (χ2v) is 5.87. The molecule has 1 atom stereocenters. The van der Waals surface area contributed by atoms with Gasteiger partial charge in [-0.3, -0.25) is 9.89 Å². The zero-order valence-electron chi connectivity index (χ0n) is 12.5. The molecule has 0 aliphatic heterocycles. The number of aromatic nitrogens is 2. The van der Waals surface area contributed by atoms with Crippen molar-refractivity contribution in [2.45, 2.75) is 31.2 Å². The lowest BCUT2D eigenvalue weighted by molar-refractivity contribution is -0.144. The van der Waals surface area contributed by atoms with Crippen molar-refractivity contribution in [3.63, 3.8) is 0 Å². The van der Waals surface area contributed by atoms with Crippen LogP contribution in [0.15, 0.2) is 30.3 Å². The Labute approximate surface area is 131 Å². The van der Waals surface area contributed by atoms with Crippen LogP contribution in [0.3, 0.4) is 0 Å². The van der Waals surface area contributed by atoms with Crippen molar-refractivity contribution in [1.29, 1.82) is 0 Å². The number of H-pyrrole nitrogens is 1. The van der Waals surface area contributed by atoms with Crippen LogP contribution in [0.4, 0.5) is 4.39 Å². The van der Waals surface area contributed by atoms with Gasteiger partial charge in [-0.05, 0) is 43.5 Å². The zero-order valence-corrected chi connectivity index (χ0v) is 12.5. The number of carbonyl (C=O) groups is 2. The fourth-order valence-electron chi connectivity index (χ4n) is 2.38. The van der Waals surface area contributed by atoms with Gasteiger partial charge in [0.25, 0.3) is 5.91 Å². The van der Waals surface area contributed by atoms with Crippen LogP contribution >= 0.6 is 0 Å². The van der Waals surface area contributed by atoms with Crippen LogP contribution in [0, 0.1) is 5.82 Å². The number of aromatic amines is 1. The van der Waals surface area contributed by atoms with E-state index in [9.17, 15) is 19.1 Å². The predicted molar refractivity (Wildman–Crippen MR) is 79.4 cm³/mol. The van der Waals surface area contributed by atoms with Crippen LogP contribution < -0.4 is 5.32 Å². The molecule has 3 rings (SSSR count). The Morgan fingerprint density at radius 2 is 2.00 bits per heavy atom. The third-order valence-corrected chi connectivity index (χ3v) is 4.06. The summed E-state index contributed by atoms with van der Waals surface area (Å²) in [6.45, 7) is 1.36. The van der Waals surface area contributed by atoms with Crippen molar-refractivity contribution in [3.05, 3.63) is 53.1 Å². The number of hydrogen-bond donors (Lipinski definition) is 3. The summed E-state index contributed by atoms with van der Waals surface area (Å²) in [5, 5.41) is 18.7. The molecule has 1 amide bonds. The molecular formula is C16H16FN3O3. The molecular weight excluding hydrogens is 301 g/mol. The van der Waals surface area contributed by atoms with Crippen LogP contribution in [0.1, 0.15) is 47.4 Å². The molecule has 6 nitrogen and oxygen atoms in total. The third kappa shape index (κ3) is 2.94. The van der Waals surface area contributed by atoms with Gasteiger partial charge in [-0.25, -0.2) is 9.18 Å². The molecule has 1 aromatic heterocycles. The van der Waals surface area contributed by atoms with Crippen LogP contribution in [-0.2, 0) is 10.3 Å². The molecule has 0 radical (unpaired) electrons. The average Bonchev–Trinajstić information content (AvgIpc) is 3.24. The fraction of sp³-hybridized carbons (Fsp3) is 0.312. The van der Waals surface area contributed by atoms with Gasteiger partial charge in [0.15, 0.2) is 5.54 Å². The summed E-state index contributed by atoms with van der Waals surface area (Å²) in [5.74, 6) is -1.90. The molecule has 1 aliphatic carbocycles. The first-order chi connectivity index (χ1) is 10.9. The average molecular weight is 317 g/mol. The Balaban J connectivity index is 1.84. The van der Waals surface area contributed by atoms with Crippen molar-refractivity contribution in [1.82, 2.24) is 15.5 Å². The van der Waals surface area contributed by atoms with Gasteiger partial charge in [0.05, 0.1) is 0 Å². The number of benzene rings is 1. The highest BCUT2D eigenvalue weighted by Gasteiger charge is 2.38. The molecule has 23 heavy (non-hydrogen) atoms. The lowest BCUT2D eigenvalue weighted by atomic mass is 9.92. The lowest BCUT2D eigenvalue weighted by Gasteiger charge is -2.26.